The molecular formula is C75H65BN2S. The molecule has 0 saturated heterocycles. The van der Waals surface area contributed by atoms with Gasteiger partial charge in [0.1, 0.15) is 0 Å². The summed E-state index contributed by atoms with van der Waals surface area (Å²) in [7, 11) is 0. The first kappa shape index (κ1) is 44.9. The molecule has 0 spiro atoms. The van der Waals surface area contributed by atoms with Gasteiger partial charge in [-0.3, -0.25) is 0 Å². The third-order valence-corrected chi connectivity index (χ3v) is 24.1. The monoisotopic (exact) mass is 1040 g/mol. The highest BCUT2D eigenvalue weighted by atomic mass is 32.1. The molecule has 384 valence electrons. The number of hydrogen-bond acceptors (Lipinski definition) is 2. The maximum atomic E-state index is 2.88. The zero-order valence-corrected chi connectivity index (χ0v) is 46.7. The van der Waals surface area contributed by atoms with Crippen LogP contribution >= 0.6 is 11.3 Å². The van der Waals surface area contributed by atoms with Crippen LogP contribution in [-0.2, 0) is 16.2 Å². The lowest BCUT2D eigenvalue weighted by molar-refractivity contribution is -0.00509. The summed E-state index contributed by atoms with van der Waals surface area (Å²) in [6.07, 6.45) is 16.6. The van der Waals surface area contributed by atoms with Crippen molar-refractivity contribution in [3.63, 3.8) is 0 Å². The number of anilines is 2. The van der Waals surface area contributed by atoms with Gasteiger partial charge in [0.05, 0.1) is 11.0 Å². The number of fused-ring (bicyclic) bond motifs is 17. The summed E-state index contributed by atoms with van der Waals surface area (Å²) < 4.78 is 5.60. The van der Waals surface area contributed by atoms with E-state index in [-0.39, 0.29) is 23.1 Å². The van der Waals surface area contributed by atoms with Crippen LogP contribution in [-0.4, -0.2) is 11.4 Å². The Bertz CT molecular complexity index is 4450. The highest BCUT2D eigenvalue weighted by molar-refractivity contribution is 7.26. The van der Waals surface area contributed by atoms with Gasteiger partial charge in [0.15, 0.2) is 0 Å². The standard InChI is InChI=1S/C75H65BN2S/c1-4-74(38-43-18-19-44(26-43)39-74)52-22-25-65-56(32-52)62-33-53(75-40-45-27-46(41-75)29-47(28-45)42-75)34-64-71(62)77(65)72-69-60(55-16-10-11-17-63(55)73(69,2)3)36-61-57-35-59-58-30-50-14-8-9-15-51(50)31-67(58)79-68(59)37-66(57)78(76(64)70(61)72)54-23-20-49(21-24-54)48-12-6-5-7-13-48/h5-17,20-25,30-37,43-47H,4,18-19,26-29,38-42H2,1-3H3. The van der Waals surface area contributed by atoms with E-state index in [4.69, 9.17) is 0 Å². The third-order valence-electron chi connectivity index (χ3n) is 23.0. The minimum absolute atomic E-state index is 0.0529. The summed E-state index contributed by atoms with van der Waals surface area (Å²) in [4.78, 5) is 2.85. The van der Waals surface area contributed by atoms with E-state index in [2.05, 4.69) is 194 Å². The number of hydrogen-bond donors (Lipinski definition) is 0. The fourth-order valence-corrected chi connectivity index (χ4v) is 21.2. The predicted molar refractivity (Wildman–Crippen MR) is 335 cm³/mol. The van der Waals surface area contributed by atoms with Gasteiger partial charge in [0.25, 0.3) is 0 Å². The molecular weight excluding hydrogens is 972 g/mol. The number of nitrogens with zero attached hydrogens (tertiary/aromatic N) is 2. The summed E-state index contributed by atoms with van der Waals surface area (Å²) in [6, 6.07) is 65.7. The summed E-state index contributed by atoms with van der Waals surface area (Å²) in [5.41, 5.74) is 24.3. The van der Waals surface area contributed by atoms with Crippen LogP contribution in [0.15, 0.2) is 164 Å². The van der Waals surface area contributed by atoms with E-state index in [1.54, 1.807) is 11.1 Å². The van der Waals surface area contributed by atoms with Crippen molar-refractivity contribution in [2.45, 2.75) is 114 Å². The Hall–Kier alpha value is -6.88. The van der Waals surface area contributed by atoms with Crippen molar-refractivity contribution in [1.82, 2.24) is 4.57 Å². The van der Waals surface area contributed by atoms with Gasteiger partial charge >= 0.3 is 6.85 Å². The average molecular weight is 1040 g/mol. The zero-order chi connectivity index (χ0) is 51.8. The quantitative estimate of drug-likeness (QED) is 0.156. The molecule has 0 N–H and O–H groups in total. The van der Waals surface area contributed by atoms with Crippen molar-refractivity contribution in [2.75, 3.05) is 4.81 Å². The van der Waals surface area contributed by atoms with Gasteiger partial charge < -0.3 is 9.38 Å². The molecule has 11 aromatic rings. The summed E-state index contributed by atoms with van der Waals surface area (Å²) >= 11 is 1.97. The highest BCUT2D eigenvalue weighted by Gasteiger charge is 2.54. The summed E-state index contributed by atoms with van der Waals surface area (Å²) in [5.74, 6) is 4.32. The molecule has 6 bridgehead atoms. The zero-order valence-electron chi connectivity index (χ0n) is 45.8. The van der Waals surface area contributed by atoms with Gasteiger partial charge in [0.2, 0.25) is 0 Å². The van der Waals surface area contributed by atoms with Crippen LogP contribution in [0.5, 0.6) is 0 Å². The van der Waals surface area contributed by atoms with Crippen LogP contribution in [0.25, 0.3) is 91.8 Å². The molecule has 9 aliphatic rings. The van der Waals surface area contributed by atoms with Crippen molar-refractivity contribution in [3.05, 3.63) is 186 Å². The molecule has 2 atom stereocenters. The molecule has 4 heterocycles. The van der Waals surface area contributed by atoms with Crippen molar-refractivity contribution in [2.24, 2.45) is 29.6 Å². The molecule has 2 nitrogen and oxygen atoms in total. The minimum atomic E-state index is -0.231. The first-order valence-corrected chi connectivity index (χ1v) is 31.3. The number of rotatable bonds is 5. The second kappa shape index (κ2) is 15.5. The largest absolute Gasteiger partial charge is 0.376 e. The molecule has 0 amide bonds. The van der Waals surface area contributed by atoms with Crippen LogP contribution in [0, 0.1) is 29.6 Å². The topological polar surface area (TPSA) is 8.17 Å². The van der Waals surface area contributed by atoms with Crippen LogP contribution in [0.4, 0.5) is 11.4 Å². The molecule has 6 fully saturated rings. The van der Waals surface area contributed by atoms with Crippen LogP contribution in [0.2, 0.25) is 0 Å². The molecule has 2 aromatic heterocycles. The first-order chi connectivity index (χ1) is 38.7. The second-order valence-electron chi connectivity index (χ2n) is 27.4. The molecule has 6 saturated carbocycles. The Morgan fingerprint density at radius 3 is 1.95 bits per heavy atom. The van der Waals surface area contributed by atoms with Crippen molar-refractivity contribution >= 4 is 93.2 Å². The van der Waals surface area contributed by atoms with Gasteiger partial charge in [-0.2, -0.15) is 0 Å². The lowest BCUT2D eigenvalue weighted by Crippen LogP contribution is -2.61. The molecule has 2 unspecified atom stereocenters. The second-order valence-corrected chi connectivity index (χ2v) is 28.5. The van der Waals surface area contributed by atoms with Crippen molar-refractivity contribution < 1.29 is 0 Å². The van der Waals surface area contributed by atoms with E-state index in [0.717, 1.165) is 29.6 Å². The van der Waals surface area contributed by atoms with Crippen LogP contribution < -0.4 is 15.7 Å². The molecule has 20 rings (SSSR count). The summed E-state index contributed by atoms with van der Waals surface area (Å²) in [6.45, 7) is 7.53. The maximum absolute atomic E-state index is 2.88. The van der Waals surface area contributed by atoms with Gasteiger partial charge in [-0.1, -0.05) is 137 Å². The number of aromatic nitrogens is 1. The van der Waals surface area contributed by atoms with E-state index in [9.17, 15) is 0 Å². The van der Waals surface area contributed by atoms with Gasteiger partial charge in [-0.25, -0.2) is 0 Å². The molecule has 0 radical (unpaired) electrons. The fraction of sp³-hybridized carbons (Fsp3) is 0.307. The van der Waals surface area contributed by atoms with E-state index < -0.39 is 0 Å². The smallest absolute Gasteiger partial charge is 0.333 e. The van der Waals surface area contributed by atoms with E-state index in [1.165, 1.54) is 202 Å². The van der Waals surface area contributed by atoms with Gasteiger partial charge in [0, 0.05) is 59.0 Å². The average Bonchev–Trinajstić information content (AvgIpc) is 4.24. The molecule has 2 aliphatic heterocycles. The highest BCUT2D eigenvalue weighted by Crippen LogP contribution is 2.63. The van der Waals surface area contributed by atoms with Crippen LogP contribution in [0.1, 0.15) is 120 Å². The predicted octanol–water partition coefficient (Wildman–Crippen LogP) is 18.8. The Labute approximate surface area is 468 Å². The van der Waals surface area contributed by atoms with E-state index in [0.29, 0.717) is 0 Å². The number of thiophene rings is 1. The normalized spacial score (nSPS) is 26.2. The SMILES string of the molecule is CCC1(c2ccc3c(c2)c2cc(C45CC6CC(CC(C6)C4)C5)cc4c2n3-c2c3c(cc5c2C(C)(C)c2ccccc2-5)-c2cc5c(cc2N(c2ccc(-c6ccccc6)cc2)B34)sc2cc3ccccc3cc25)CC2CCC(C2)C1. The molecule has 7 aliphatic carbocycles. The molecule has 79 heavy (non-hydrogen) atoms. The molecule has 4 heteroatoms. The van der Waals surface area contributed by atoms with Gasteiger partial charge in [-0.15, -0.1) is 11.3 Å². The lowest BCUT2D eigenvalue weighted by Gasteiger charge is -2.57. The summed E-state index contributed by atoms with van der Waals surface area (Å²) in [5, 5.41) is 8.32. The van der Waals surface area contributed by atoms with Crippen LogP contribution in [0.3, 0.4) is 0 Å². The van der Waals surface area contributed by atoms with Gasteiger partial charge in [-0.05, 0) is 237 Å². The maximum Gasteiger partial charge on any atom is 0.333 e. The first-order valence-electron chi connectivity index (χ1n) is 30.5. The van der Waals surface area contributed by atoms with Crippen molar-refractivity contribution in [1.29, 1.82) is 0 Å². The molecule has 9 aromatic carbocycles. The Kier molecular flexibility index (Phi) is 8.82. The lowest BCUT2D eigenvalue weighted by atomic mass is 9.42. The van der Waals surface area contributed by atoms with E-state index >= 15 is 0 Å². The Morgan fingerprint density at radius 2 is 1.19 bits per heavy atom. The van der Waals surface area contributed by atoms with E-state index in [1.807, 2.05) is 11.3 Å². The fourth-order valence-electron chi connectivity index (χ4n) is 20.1. The van der Waals surface area contributed by atoms with Crippen molar-refractivity contribution in [3.8, 4) is 39.1 Å². The minimum Gasteiger partial charge on any atom is -0.376 e. The third kappa shape index (κ3) is 5.94. The number of benzene rings is 9. The Morgan fingerprint density at radius 1 is 0.532 bits per heavy atom. The Balaban J connectivity index is 0.962.